The first-order valence-electron chi connectivity index (χ1n) is 9.83. The monoisotopic (exact) mass is 394 g/mol. The molecule has 0 saturated carbocycles. The molecule has 150 valence electrons. The third-order valence-corrected chi connectivity index (χ3v) is 5.49. The summed E-state index contributed by atoms with van der Waals surface area (Å²) in [5.41, 5.74) is 7.55. The molecule has 0 radical (unpaired) electrons. The Morgan fingerprint density at radius 3 is 2.52 bits per heavy atom. The number of carbonyl (C=O) groups is 2. The number of anilines is 2. The molecule has 2 fully saturated rings. The highest BCUT2D eigenvalue weighted by molar-refractivity contribution is 5.99. The third-order valence-electron chi connectivity index (χ3n) is 5.49. The molecule has 2 aliphatic heterocycles. The summed E-state index contributed by atoms with van der Waals surface area (Å²) >= 11 is 0. The van der Waals surface area contributed by atoms with Gasteiger partial charge in [-0.15, -0.1) is 12.4 Å². The smallest absolute Gasteiger partial charge is 0.248 e. The van der Waals surface area contributed by atoms with Crippen LogP contribution in [0.2, 0.25) is 0 Å². The van der Waals surface area contributed by atoms with Crippen molar-refractivity contribution < 1.29 is 9.59 Å². The van der Waals surface area contributed by atoms with Gasteiger partial charge in [0.15, 0.2) is 0 Å². The molecule has 1 aromatic rings. The highest BCUT2D eigenvalue weighted by Gasteiger charge is 2.19. The molecule has 2 saturated heterocycles. The second kappa shape index (κ2) is 10.5. The quantitative estimate of drug-likeness (QED) is 0.692. The van der Waals surface area contributed by atoms with Gasteiger partial charge in [-0.3, -0.25) is 9.59 Å². The Kier molecular flexibility index (Phi) is 8.38. The zero-order valence-electron chi connectivity index (χ0n) is 15.8. The highest BCUT2D eigenvalue weighted by Crippen LogP contribution is 2.30. The normalized spacial score (nSPS) is 17.9. The van der Waals surface area contributed by atoms with E-state index in [9.17, 15) is 9.59 Å². The van der Waals surface area contributed by atoms with Crippen LogP contribution in [0.25, 0.3) is 0 Å². The first-order chi connectivity index (χ1) is 12.6. The van der Waals surface area contributed by atoms with Gasteiger partial charge in [-0.25, -0.2) is 0 Å². The zero-order chi connectivity index (χ0) is 18.4. The van der Waals surface area contributed by atoms with E-state index in [1.54, 1.807) is 12.1 Å². The number of nitrogens with one attached hydrogen (secondary N) is 2. The lowest BCUT2D eigenvalue weighted by Crippen LogP contribution is -2.31. The summed E-state index contributed by atoms with van der Waals surface area (Å²) in [5, 5.41) is 6.39. The number of amides is 2. The van der Waals surface area contributed by atoms with Gasteiger partial charge in [0.25, 0.3) is 0 Å². The van der Waals surface area contributed by atoms with Gasteiger partial charge in [0.05, 0.1) is 11.4 Å². The minimum Gasteiger partial charge on any atom is -0.370 e. The molecule has 7 heteroatoms. The van der Waals surface area contributed by atoms with E-state index in [1.165, 1.54) is 6.42 Å². The SMILES string of the molecule is Cl.NC(=O)c1ccc(N2CCCCC2)c(NC(=O)CCC2CCNCC2)c1. The number of primary amides is 1. The minimum atomic E-state index is -0.472. The summed E-state index contributed by atoms with van der Waals surface area (Å²) in [6, 6.07) is 5.37. The predicted molar refractivity (Wildman–Crippen MR) is 112 cm³/mol. The minimum absolute atomic E-state index is 0. The van der Waals surface area contributed by atoms with Crippen LogP contribution in [-0.4, -0.2) is 38.0 Å². The van der Waals surface area contributed by atoms with Crippen LogP contribution in [0.15, 0.2) is 18.2 Å². The fraction of sp³-hybridized carbons (Fsp3) is 0.600. The van der Waals surface area contributed by atoms with E-state index in [-0.39, 0.29) is 18.3 Å². The Morgan fingerprint density at radius 1 is 1.15 bits per heavy atom. The van der Waals surface area contributed by atoms with Gasteiger partial charge in [0.2, 0.25) is 11.8 Å². The Bertz CT molecular complexity index is 641. The van der Waals surface area contributed by atoms with Gasteiger partial charge in [-0.2, -0.15) is 0 Å². The van der Waals surface area contributed by atoms with Crippen LogP contribution in [-0.2, 0) is 4.79 Å². The van der Waals surface area contributed by atoms with Crippen LogP contribution < -0.4 is 21.3 Å². The molecule has 2 heterocycles. The average Bonchev–Trinajstić information content (AvgIpc) is 2.68. The van der Waals surface area contributed by atoms with Gasteiger partial charge in [-0.1, -0.05) is 0 Å². The third kappa shape index (κ3) is 6.11. The van der Waals surface area contributed by atoms with Crippen LogP contribution in [0.4, 0.5) is 11.4 Å². The maximum absolute atomic E-state index is 12.5. The Labute approximate surface area is 167 Å². The molecule has 27 heavy (non-hydrogen) atoms. The van der Waals surface area contributed by atoms with E-state index in [4.69, 9.17) is 5.73 Å². The number of rotatable bonds is 6. The molecule has 2 amide bonds. The molecule has 0 unspecified atom stereocenters. The lowest BCUT2D eigenvalue weighted by atomic mass is 9.93. The van der Waals surface area contributed by atoms with Crippen molar-refractivity contribution in [3.05, 3.63) is 23.8 Å². The molecule has 2 aliphatic rings. The van der Waals surface area contributed by atoms with Gasteiger partial charge in [0.1, 0.15) is 0 Å². The summed E-state index contributed by atoms with van der Waals surface area (Å²) in [7, 11) is 0. The number of nitrogens with two attached hydrogens (primary N) is 1. The molecule has 0 bridgehead atoms. The van der Waals surface area contributed by atoms with Gasteiger partial charge < -0.3 is 21.3 Å². The van der Waals surface area contributed by atoms with E-state index < -0.39 is 5.91 Å². The van der Waals surface area contributed by atoms with E-state index in [1.807, 2.05) is 6.07 Å². The van der Waals surface area contributed by atoms with Crippen molar-refractivity contribution in [2.75, 3.05) is 36.4 Å². The molecule has 0 aromatic heterocycles. The van der Waals surface area contributed by atoms with E-state index in [2.05, 4.69) is 15.5 Å². The topological polar surface area (TPSA) is 87.5 Å². The lowest BCUT2D eigenvalue weighted by molar-refractivity contribution is -0.116. The molecule has 4 N–H and O–H groups in total. The summed E-state index contributed by atoms with van der Waals surface area (Å²) in [5.74, 6) is 0.171. The van der Waals surface area contributed by atoms with E-state index in [0.29, 0.717) is 23.6 Å². The average molecular weight is 395 g/mol. The number of carbonyl (C=O) groups excluding carboxylic acids is 2. The largest absolute Gasteiger partial charge is 0.370 e. The van der Waals surface area contributed by atoms with E-state index in [0.717, 1.165) is 64.0 Å². The number of benzene rings is 1. The summed E-state index contributed by atoms with van der Waals surface area (Å²) in [6.45, 7) is 4.06. The maximum Gasteiger partial charge on any atom is 0.248 e. The van der Waals surface area contributed by atoms with Crippen LogP contribution >= 0.6 is 12.4 Å². The van der Waals surface area contributed by atoms with Crippen molar-refractivity contribution in [1.29, 1.82) is 0 Å². The molecule has 3 rings (SSSR count). The molecule has 1 aromatic carbocycles. The fourth-order valence-electron chi connectivity index (χ4n) is 3.92. The first-order valence-corrected chi connectivity index (χ1v) is 9.83. The Hall–Kier alpha value is -1.79. The van der Waals surface area contributed by atoms with Gasteiger partial charge in [-0.05, 0) is 75.7 Å². The van der Waals surface area contributed by atoms with Crippen LogP contribution in [0.1, 0.15) is 55.3 Å². The summed E-state index contributed by atoms with van der Waals surface area (Å²) in [4.78, 5) is 26.3. The van der Waals surface area contributed by atoms with Gasteiger partial charge >= 0.3 is 0 Å². The highest BCUT2D eigenvalue weighted by atomic mass is 35.5. The van der Waals surface area contributed by atoms with Crippen molar-refractivity contribution in [3.8, 4) is 0 Å². The Balaban J connectivity index is 0.00000261. The molecular formula is C20H31ClN4O2. The molecule has 6 nitrogen and oxygen atoms in total. The number of hydrogen-bond acceptors (Lipinski definition) is 4. The van der Waals surface area contributed by atoms with Crippen LogP contribution in [0.3, 0.4) is 0 Å². The maximum atomic E-state index is 12.5. The molecule has 0 spiro atoms. The lowest BCUT2D eigenvalue weighted by Gasteiger charge is -2.31. The number of halogens is 1. The molecule has 0 aliphatic carbocycles. The number of hydrogen-bond donors (Lipinski definition) is 3. The Morgan fingerprint density at radius 2 is 1.85 bits per heavy atom. The molecular weight excluding hydrogens is 364 g/mol. The van der Waals surface area contributed by atoms with E-state index >= 15 is 0 Å². The second-order valence-electron chi connectivity index (χ2n) is 7.42. The predicted octanol–water partition coefficient (Wildman–Crippen LogP) is 2.92. The summed E-state index contributed by atoms with van der Waals surface area (Å²) in [6.07, 6.45) is 7.27. The van der Waals surface area contributed by atoms with Crippen LogP contribution in [0, 0.1) is 5.92 Å². The van der Waals surface area contributed by atoms with Gasteiger partial charge in [0, 0.05) is 25.1 Å². The molecule has 0 atom stereocenters. The van der Waals surface area contributed by atoms with Crippen molar-refractivity contribution >= 4 is 35.6 Å². The second-order valence-corrected chi connectivity index (χ2v) is 7.42. The summed E-state index contributed by atoms with van der Waals surface area (Å²) < 4.78 is 0. The van der Waals surface area contributed by atoms with Crippen molar-refractivity contribution in [2.24, 2.45) is 11.7 Å². The van der Waals surface area contributed by atoms with Crippen LogP contribution in [0.5, 0.6) is 0 Å². The first kappa shape index (κ1) is 21.5. The standard InChI is InChI=1S/C20H30N4O2.ClH/c21-20(26)16-5-6-18(24-12-2-1-3-13-24)17(14-16)23-19(25)7-4-15-8-10-22-11-9-15;/h5-6,14-15,22H,1-4,7-13H2,(H2,21,26)(H,23,25);1H. The fourth-order valence-corrected chi connectivity index (χ4v) is 3.92. The number of nitrogens with zero attached hydrogens (tertiary/aromatic N) is 1. The zero-order valence-corrected chi connectivity index (χ0v) is 16.7. The van der Waals surface area contributed by atoms with Crippen molar-refractivity contribution in [1.82, 2.24) is 5.32 Å². The number of piperidine rings is 2. The van der Waals surface area contributed by atoms with Crippen molar-refractivity contribution in [2.45, 2.75) is 44.9 Å². The van der Waals surface area contributed by atoms with Crippen molar-refractivity contribution in [3.63, 3.8) is 0 Å².